The van der Waals surface area contributed by atoms with Gasteiger partial charge in [0.15, 0.2) is 0 Å². The van der Waals surface area contributed by atoms with E-state index in [0.29, 0.717) is 0 Å². The van der Waals surface area contributed by atoms with Crippen molar-refractivity contribution in [2.45, 2.75) is 52.2 Å². The summed E-state index contributed by atoms with van der Waals surface area (Å²) in [6.45, 7) is 11.8. The van der Waals surface area contributed by atoms with Crippen LogP contribution in [0.1, 0.15) is 49.4 Å². The molecular weight excluding hydrogens is 330 g/mol. The first-order valence-electron chi connectivity index (χ1n) is 9.66. The van der Waals surface area contributed by atoms with Gasteiger partial charge in [0, 0.05) is 5.54 Å². The van der Waals surface area contributed by atoms with Crippen molar-refractivity contribution in [1.29, 1.82) is 0 Å². The zero-order valence-corrected chi connectivity index (χ0v) is 17.6. The van der Waals surface area contributed by atoms with Crippen molar-refractivity contribution in [3.05, 3.63) is 82.1 Å². The minimum atomic E-state index is -1.75. The molecule has 0 aliphatic heterocycles. The normalized spacial score (nSPS) is 16.6. The summed E-state index contributed by atoms with van der Waals surface area (Å²) < 4.78 is 0. The number of allylic oxidation sites excluding steroid dienone is 4. The summed E-state index contributed by atoms with van der Waals surface area (Å²) >= 11 is 0. The molecule has 0 heterocycles. The molecule has 1 N–H and O–H groups in total. The Kier molecular flexibility index (Phi) is 4.09. The quantitative estimate of drug-likeness (QED) is 0.652. The number of hydrogen-bond donors (Lipinski definition) is 1. The molecule has 134 valence electrons. The maximum Gasteiger partial charge on any atom is 0.148 e. The molecule has 26 heavy (non-hydrogen) atoms. The van der Waals surface area contributed by atoms with E-state index in [1.165, 1.54) is 33.4 Å². The fraction of sp³-hybridized carbons (Fsp3) is 0.333. The summed E-state index contributed by atoms with van der Waals surface area (Å²) in [5.41, 5.74) is 8.88. The summed E-state index contributed by atoms with van der Waals surface area (Å²) in [4.78, 5) is 3.99. The van der Waals surface area contributed by atoms with Crippen LogP contribution in [-0.2, 0) is 6.42 Å². The lowest BCUT2D eigenvalue weighted by atomic mass is 9.95. The highest BCUT2D eigenvalue weighted by atomic mass is 28.3. The van der Waals surface area contributed by atoms with E-state index in [-0.39, 0.29) is 5.54 Å². The molecule has 4 rings (SSSR count). The highest BCUT2D eigenvalue weighted by Crippen LogP contribution is 2.47. The van der Waals surface area contributed by atoms with E-state index in [4.69, 9.17) is 0 Å². The zero-order chi connectivity index (χ0) is 18.5. The van der Waals surface area contributed by atoms with Gasteiger partial charge in [0.05, 0.1) is 0 Å². The molecule has 2 aromatic rings. The molecule has 0 spiro atoms. The van der Waals surface area contributed by atoms with Gasteiger partial charge < -0.3 is 4.98 Å². The van der Waals surface area contributed by atoms with E-state index in [1.54, 1.807) is 5.20 Å². The van der Waals surface area contributed by atoms with Crippen LogP contribution in [0.5, 0.6) is 0 Å². The van der Waals surface area contributed by atoms with Gasteiger partial charge >= 0.3 is 0 Å². The van der Waals surface area contributed by atoms with Crippen molar-refractivity contribution in [3.8, 4) is 0 Å². The van der Waals surface area contributed by atoms with Gasteiger partial charge in [-0.05, 0) is 67.0 Å². The van der Waals surface area contributed by atoms with Crippen LogP contribution in [0.2, 0.25) is 13.1 Å². The van der Waals surface area contributed by atoms with Crippen molar-refractivity contribution >= 4 is 19.4 Å². The van der Waals surface area contributed by atoms with Crippen LogP contribution in [0, 0.1) is 0 Å². The van der Waals surface area contributed by atoms with E-state index in [2.05, 4.69) is 93.5 Å². The molecule has 2 heteroatoms. The summed E-state index contributed by atoms with van der Waals surface area (Å²) in [6, 6.07) is 18.0. The summed E-state index contributed by atoms with van der Waals surface area (Å²) in [5, 5.41) is 1.64. The third-order valence-corrected chi connectivity index (χ3v) is 8.84. The summed E-state index contributed by atoms with van der Waals surface area (Å²) in [7, 11) is -1.75. The first kappa shape index (κ1) is 17.5. The van der Waals surface area contributed by atoms with Crippen LogP contribution in [0.4, 0.5) is 0 Å². The predicted molar refractivity (Wildman–Crippen MR) is 116 cm³/mol. The monoisotopic (exact) mass is 359 g/mol. The van der Waals surface area contributed by atoms with E-state index in [0.717, 1.165) is 12.8 Å². The van der Waals surface area contributed by atoms with Gasteiger partial charge in [-0.1, -0.05) is 72.9 Å². The van der Waals surface area contributed by atoms with Gasteiger partial charge in [0.25, 0.3) is 0 Å². The van der Waals surface area contributed by atoms with E-state index in [1.807, 2.05) is 0 Å². The van der Waals surface area contributed by atoms with Crippen molar-refractivity contribution in [3.63, 3.8) is 0 Å². The Morgan fingerprint density at radius 3 is 2.08 bits per heavy atom. The third kappa shape index (κ3) is 3.02. The van der Waals surface area contributed by atoms with Crippen LogP contribution in [-0.4, -0.2) is 13.8 Å². The fourth-order valence-electron chi connectivity index (χ4n) is 4.76. The maximum absolute atomic E-state index is 3.99. The predicted octanol–water partition coefficient (Wildman–Crippen LogP) is 5.96. The Hall–Kier alpha value is -1.90. The Morgan fingerprint density at radius 2 is 1.42 bits per heavy atom. The van der Waals surface area contributed by atoms with Gasteiger partial charge in [-0.3, -0.25) is 0 Å². The second-order valence-corrected chi connectivity index (χ2v) is 13.3. The Morgan fingerprint density at radius 1 is 0.846 bits per heavy atom. The first-order valence-corrected chi connectivity index (χ1v) is 12.7. The largest absolute Gasteiger partial charge is 0.329 e. The van der Waals surface area contributed by atoms with Gasteiger partial charge in [-0.15, -0.1) is 0 Å². The maximum atomic E-state index is 3.99. The van der Waals surface area contributed by atoms with Gasteiger partial charge in [-0.25, -0.2) is 0 Å². The smallest absolute Gasteiger partial charge is 0.148 e. The Bertz CT molecular complexity index is 925. The molecule has 0 bridgehead atoms. The van der Waals surface area contributed by atoms with Crippen molar-refractivity contribution in [2.24, 2.45) is 0 Å². The lowest BCUT2D eigenvalue weighted by Crippen LogP contribution is -2.55. The van der Waals surface area contributed by atoms with Crippen molar-refractivity contribution in [2.75, 3.05) is 0 Å². The number of rotatable bonds is 2. The lowest BCUT2D eigenvalue weighted by Gasteiger charge is -2.35. The van der Waals surface area contributed by atoms with E-state index in [9.17, 15) is 0 Å². The van der Waals surface area contributed by atoms with Crippen LogP contribution in [0.3, 0.4) is 0 Å². The molecule has 1 nitrogen and oxygen atoms in total. The van der Waals surface area contributed by atoms with Crippen molar-refractivity contribution in [1.82, 2.24) is 4.98 Å². The summed E-state index contributed by atoms with van der Waals surface area (Å²) in [6.07, 6.45) is 4.58. The van der Waals surface area contributed by atoms with Crippen molar-refractivity contribution < 1.29 is 0 Å². The van der Waals surface area contributed by atoms with Gasteiger partial charge in [0.2, 0.25) is 0 Å². The molecule has 0 amide bonds. The molecule has 0 unspecified atom stereocenters. The average molecular weight is 360 g/mol. The Labute approximate surface area is 158 Å². The lowest BCUT2D eigenvalue weighted by molar-refractivity contribution is 0.514. The van der Waals surface area contributed by atoms with Crippen LogP contribution < -0.4 is 4.98 Å². The molecule has 2 aromatic carbocycles. The minimum absolute atomic E-state index is 0.133. The van der Waals surface area contributed by atoms with Crippen LogP contribution >= 0.6 is 0 Å². The van der Waals surface area contributed by atoms with Crippen LogP contribution in [0.15, 0.2) is 59.8 Å². The molecule has 0 saturated carbocycles. The molecule has 2 aliphatic carbocycles. The van der Waals surface area contributed by atoms with Crippen LogP contribution in [0.25, 0.3) is 11.1 Å². The molecule has 0 radical (unpaired) electrons. The second kappa shape index (κ2) is 6.07. The molecule has 0 aromatic heterocycles. The molecular formula is C24H29NSi. The Balaban J connectivity index is 1.96. The first-order chi connectivity index (χ1) is 12.3. The molecule has 2 aliphatic rings. The molecule has 0 fully saturated rings. The number of hydrogen-bond acceptors (Lipinski definition) is 1. The average Bonchev–Trinajstić information content (AvgIpc) is 2.94. The zero-order valence-electron chi connectivity index (χ0n) is 16.6. The number of nitrogens with one attached hydrogen (secondary N) is 1. The molecule has 0 saturated heterocycles. The highest BCUT2D eigenvalue weighted by molar-refractivity contribution is 6.83. The molecule has 0 atom stereocenters. The van der Waals surface area contributed by atoms with Gasteiger partial charge in [0.1, 0.15) is 8.24 Å². The number of fused-ring (bicyclic) bond motifs is 5. The number of benzene rings is 2. The SMILES string of the molecule is CC(C)(C)N[Si](C)(C)C1=C2C(=CC1)c1ccccc1Cc1ccccc12. The third-order valence-electron chi connectivity index (χ3n) is 5.50. The summed E-state index contributed by atoms with van der Waals surface area (Å²) in [5.74, 6) is 0. The minimum Gasteiger partial charge on any atom is -0.329 e. The second-order valence-electron chi connectivity index (χ2n) is 9.17. The van der Waals surface area contributed by atoms with Gasteiger partial charge in [-0.2, -0.15) is 0 Å². The topological polar surface area (TPSA) is 12.0 Å². The standard InChI is InChI=1S/C24H29NSi/c1-24(2,3)25-26(4,5)22-15-14-21-19-12-8-6-10-17(19)16-18-11-7-9-13-20(18)23(21)22/h6-14,25H,15-16H2,1-5H3. The van der Waals surface area contributed by atoms with E-state index >= 15 is 0 Å². The van der Waals surface area contributed by atoms with E-state index < -0.39 is 8.24 Å². The fourth-order valence-corrected chi connectivity index (χ4v) is 8.30. The highest BCUT2D eigenvalue weighted by Gasteiger charge is 2.37.